The van der Waals surface area contributed by atoms with Gasteiger partial charge in [-0.3, -0.25) is 4.90 Å². The van der Waals surface area contributed by atoms with Crippen LogP contribution in [0.1, 0.15) is 6.92 Å². The van der Waals surface area contributed by atoms with Crippen LogP contribution in [0.15, 0.2) is 52.4 Å². The van der Waals surface area contributed by atoms with Gasteiger partial charge in [-0.15, -0.1) is 0 Å². The van der Waals surface area contributed by atoms with Crippen molar-refractivity contribution in [3.8, 4) is 6.07 Å². The van der Waals surface area contributed by atoms with Crippen LogP contribution in [0.2, 0.25) is 5.02 Å². The smallest absolute Gasteiger partial charge is 0.369 e. The first-order valence-electron chi connectivity index (χ1n) is 8.00. The van der Waals surface area contributed by atoms with E-state index in [1.807, 2.05) is 0 Å². The molecule has 4 nitrogen and oxygen atoms in total. The number of aliphatic imine (C=N–C) groups is 1. The van der Waals surface area contributed by atoms with E-state index < -0.39 is 34.9 Å². The number of rotatable bonds is 3. The van der Waals surface area contributed by atoms with Crippen molar-refractivity contribution in [1.82, 2.24) is 4.90 Å². The monoisotopic (exact) mass is 436 g/mol. The number of allylic oxidation sites excluding steroid dienone is 3. The number of alkyl halides is 6. The van der Waals surface area contributed by atoms with Gasteiger partial charge in [0, 0.05) is 30.5 Å². The molecule has 1 heterocycles. The van der Waals surface area contributed by atoms with Crippen molar-refractivity contribution in [3.63, 3.8) is 0 Å². The van der Waals surface area contributed by atoms with E-state index in [9.17, 15) is 31.6 Å². The zero-order valence-corrected chi connectivity index (χ0v) is 16.2. The molecular formula is C18H15ClF6N4. The Labute approximate surface area is 168 Å². The highest BCUT2D eigenvalue weighted by molar-refractivity contribution is 6.30. The molecular weight excluding hydrogens is 422 g/mol. The van der Waals surface area contributed by atoms with E-state index in [1.54, 1.807) is 0 Å². The second-order valence-corrected chi connectivity index (χ2v) is 6.86. The van der Waals surface area contributed by atoms with Crippen LogP contribution in [-0.2, 0) is 0 Å². The third kappa shape index (κ3) is 3.92. The summed E-state index contributed by atoms with van der Waals surface area (Å²) in [6.45, 7) is 1.08. The summed E-state index contributed by atoms with van der Waals surface area (Å²) in [5, 5.41) is 9.73. The highest BCUT2D eigenvalue weighted by Gasteiger charge is 2.73. The number of nitrogens with zero attached hydrogens (tertiary/aromatic N) is 4. The lowest BCUT2D eigenvalue weighted by Crippen LogP contribution is -2.53. The van der Waals surface area contributed by atoms with Crippen LogP contribution in [0.5, 0.6) is 0 Å². The van der Waals surface area contributed by atoms with E-state index in [-0.39, 0.29) is 11.8 Å². The van der Waals surface area contributed by atoms with Crippen LogP contribution in [0.25, 0.3) is 0 Å². The molecule has 0 spiro atoms. The number of hydrogen-bond donors (Lipinski definition) is 0. The van der Waals surface area contributed by atoms with Crippen LogP contribution in [0.4, 0.5) is 32.0 Å². The van der Waals surface area contributed by atoms with Gasteiger partial charge in [0.2, 0.25) is 5.41 Å². The molecule has 0 aliphatic carbocycles. The number of anilines is 1. The molecule has 0 aromatic heterocycles. The summed E-state index contributed by atoms with van der Waals surface area (Å²) in [6, 6.07) is 6.73. The van der Waals surface area contributed by atoms with E-state index >= 15 is 0 Å². The first-order valence-corrected chi connectivity index (χ1v) is 8.38. The minimum absolute atomic E-state index is 0.00877. The van der Waals surface area contributed by atoms with Gasteiger partial charge < -0.3 is 4.90 Å². The van der Waals surface area contributed by atoms with Gasteiger partial charge in [-0.2, -0.15) is 31.6 Å². The van der Waals surface area contributed by atoms with E-state index in [2.05, 4.69) is 4.99 Å². The Morgan fingerprint density at radius 2 is 1.62 bits per heavy atom. The second-order valence-electron chi connectivity index (χ2n) is 6.42. The van der Waals surface area contributed by atoms with Crippen molar-refractivity contribution in [1.29, 1.82) is 5.26 Å². The van der Waals surface area contributed by atoms with Gasteiger partial charge in [0.1, 0.15) is 11.6 Å². The minimum atomic E-state index is -5.82. The quantitative estimate of drug-likeness (QED) is 0.357. The molecule has 2 rings (SSSR count). The van der Waals surface area contributed by atoms with E-state index in [0.29, 0.717) is 5.02 Å². The molecule has 11 heteroatoms. The van der Waals surface area contributed by atoms with Crippen LogP contribution in [0.3, 0.4) is 0 Å². The Morgan fingerprint density at radius 1 is 1.10 bits per heavy atom. The maximum absolute atomic E-state index is 13.8. The molecule has 0 atom stereocenters. The maximum Gasteiger partial charge on any atom is 0.411 e. The first-order chi connectivity index (χ1) is 13.3. The lowest BCUT2D eigenvalue weighted by molar-refractivity contribution is -0.306. The number of benzene rings is 1. The fraction of sp³-hybridized carbons (Fsp3) is 0.333. The molecule has 0 N–H and O–H groups in total. The second kappa shape index (κ2) is 7.63. The van der Waals surface area contributed by atoms with E-state index in [4.69, 9.17) is 11.6 Å². The average Bonchev–Trinajstić information content (AvgIpc) is 2.58. The summed E-state index contributed by atoms with van der Waals surface area (Å²) in [6.07, 6.45) is -10.6. The third-order valence-electron chi connectivity index (χ3n) is 4.11. The van der Waals surface area contributed by atoms with Crippen molar-refractivity contribution < 1.29 is 26.3 Å². The van der Waals surface area contributed by atoms with Crippen LogP contribution >= 0.6 is 11.6 Å². The first kappa shape index (κ1) is 22.6. The van der Waals surface area contributed by atoms with Crippen molar-refractivity contribution in [3.05, 3.63) is 52.5 Å². The molecule has 29 heavy (non-hydrogen) atoms. The van der Waals surface area contributed by atoms with Crippen molar-refractivity contribution in [2.45, 2.75) is 19.3 Å². The fourth-order valence-electron chi connectivity index (χ4n) is 2.86. The van der Waals surface area contributed by atoms with Crippen molar-refractivity contribution in [2.75, 3.05) is 19.0 Å². The predicted molar refractivity (Wildman–Crippen MR) is 97.0 cm³/mol. The summed E-state index contributed by atoms with van der Waals surface area (Å²) >= 11 is 5.82. The molecule has 1 aliphatic heterocycles. The summed E-state index contributed by atoms with van der Waals surface area (Å²) in [5.74, 6) is -0.779. The molecule has 0 bridgehead atoms. The lowest BCUT2D eigenvalue weighted by atomic mass is 9.75. The third-order valence-corrected chi connectivity index (χ3v) is 4.36. The molecule has 0 saturated carbocycles. The summed E-state index contributed by atoms with van der Waals surface area (Å²) in [5.41, 5.74) is -6.26. The molecule has 156 valence electrons. The summed E-state index contributed by atoms with van der Waals surface area (Å²) in [7, 11) is 2.96. The van der Waals surface area contributed by atoms with Gasteiger partial charge in [0.15, 0.2) is 5.82 Å². The maximum atomic E-state index is 13.8. The van der Waals surface area contributed by atoms with Crippen LogP contribution in [-0.4, -0.2) is 37.7 Å². The normalized spacial score (nSPS) is 17.4. The highest BCUT2D eigenvalue weighted by Crippen LogP contribution is 2.59. The van der Waals surface area contributed by atoms with Gasteiger partial charge in [0.05, 0.1) is 6.34 Å². The zero-order chi connectivity index (χ0) is 22.2. The average molecular weight is 437 g/mol. The number of halogens is 7. The van der Waals surface area contributed by atoms with Crippen LogP contribution < -0.4 is 4.90 Å². The standard InChI is InChI=1S/C18H15ClF6N4/c1-11-8-16(17(20,21)22,18(23,24)25)14(9-26)15(27-10-28(2)3)29(11)13-6-4-12(19)5-7-13/h4-8,10H,1-3H3/b27-10+. The molecule has 1 aromatic rings. The Balaban J connectivity index is 2.93. The fourth-order valence-corrected chi connectivity index (χ4v) is 2.99. The van der Waals surface area contributed by atoms with Gasteiger partial charge in [-0.05, 0) is 37.3 Å². The van der Waals surface area contributed by atoms with E-state index in [0.717, 1.165) is 24.2 Å². The lowest BCUT2D eigenvalue weighted by Gasteiger charge is -2.41. The molecule has 0 radical (unpaired) electrons. The molecule has 1 aliphatic rings. The largest absolute Gasteiger partial charge is 0.411 e. The topological polar surface area (TPSA) is 42.6 Å². The molecule has 1 aromatic carbocycles. The number of hydrogen-bond acceptors (Lipinski definition) is 3. The predicted octanol–water partition coefficient (Wildman–Crippen LogP) is 5.50. The van der Waals surface area contributed by atoms with Gasteiger partial charge in [-0.1, -0.05) is 11.6 Å². The molecule has 0 amide bonds. The Kier molecular flexibility index (Phi) is 5.95. The Morgan fingerprint density at radius 3 is 2.03 bits per heavy atom. The Hall–Kier alpha value is -2.67. The molecule has 0 saturated heterocycles. The van der Waals surface area contributed by atoms with Gasteiger partial charge in [-0.25, -0.2) is 4.99 Å². The van der Waals surface area contributed by atoms with Crippen molar-refractivity contribution in [2.24, 2.45) is 10.4 Å². The minimum Gasteiger partial charge on any atom is -0.369 e. The van der Waals surface area contributed by atoms with Gasteiger partial charge >= 0.3 is 12.4 Å². The SMILES string of the molecule is CC1=CC(C(F)(F)F)(C(F)(F)F)C(C#N)=C(/N=C/N(C)C)N1c1ccc(Cl)cc1. The zero-order valence-electron chi connectivity index (χ0n) is 15.4. The summed E-state index contributed by atoms with van der Waals surface area (Å²) in [4.78, 5) is 6.16. The van der Waals surface area contributed by atoms with E-state index in [1.165, 1.54) is 43.3 Å². The molecule has 0 fully saturated rings. The number of nitriles is 1. The molecule has 0 unspecified atom stereocenters. The van der Waals surface area contributed by atoms with Crippen LogP contribution in [0, 0.1) is 16.7 Å². The summed E-state index contributed by atoms with van der Waals surface area (Å²) < 4.78 is 82.9. The Bertz CT molecular complexity index is 890. The highest BCUT2D eigenvalue weighted by atomic mass is 35.5. The van der Waals surface area contributed by atoms with Gasteiger partial charge in [0.25, 0.3) is 0 Å². The van der Waals surface area contributed by atoms with Crippen molar-refractivity contribution >= 4 is 23.6 Å².